The molecule has 0 aliphatic rings. The average Bonchev–Trinajstić information content (AvgIpc) is 2.16. The summed E-state index contributed by atoms with van der Waals surface area (Å²) in [4.78, 5) is 10.9. The first-order chi connectivity index (χ1) is 6.61. The van der Waals surface area contributed by atoms with Gasteiger partial charge >= 0.3 is 5.97 Å². The van der Waals surface area contributed by atoms with E-state index < -0.39 is 5.97 Å². The van der Waals surface area contributed by atoms with Crippen molar-refractivity contribution in [2.24, 2.45) is 0 Å². The summed E-state index contributed by atoms with van der Waals surface area (Å²) < 4.78 is 14.2. The van der Waals surface area contributed by atoms with Crippen LogP contribution in [-0.2, 0) is 19.0 Å². The first-order valence-corrected chi connectivity index (χ1v) is 4.86. The van der Waals surface area contributed by atoms with E-state index in [4.69, 9.17) is 9.47 Å². The van der Waals surface area contributed by atoms with Gasteiger partial charge in [0, 0.05) is 12.9 Å². The van der Waals surface area contributed by atoms with Crippen molar-refractivity contribution in [1.29, 1.82) is 0 Å². The Morgan fingerprint density at radius 1 is 1.36 bits per heavy atom. The smallest absolute Gasteiger partial charge is 0.373 e. The molecule has 0 atom stereocenters. The van der Waals surface area contributed by atoms with Crippen LogP contribution in [0, 0.1) is 0 Å². The van der Waals surface area contributed by atoms with Crippen LogP contribution in [0.1, 0.15) is 0 Å². The van der Waals surface area contributed by atoms with Gasteiger partial charge in [-0.25, -0.2) is 4.79 Å². The Morgan fingerprint density at radius 2 is 2.00 bits per heavy atom. The highest BCUT2D eigenvalue weighted by atomic mass is 32.2. The maximum atomic E-state index is 10.9. The molecule has 0 aliphatic carbocycles. The van der Waals surface area contributed by atoms with E-state index in [0.29, 0.717) is 17.5 Å². The molecule has 0 aromatic heterocycles. The van der Waals surface area contributed by atoms with Crippen LogP contribution in [0.4, 0.5) is 0 Å². The molecular formula is C9H14O4S. The normalized spacial score (nSPS) is 9.29. The van der Waals surface area contributed by atoms with E-state index in [2.05, 4.69) is 17.9 Å². The molecule has 14 heavy (non-hydrogen) atoms. The molecule has 0 N–H and O–H groups in total. The van der Waals surface area contributed by atoms with Gasteiger partial charge in [0.2, 0.25) is 5.76 Å². The Balaban J connectivity index is 3.72. The number of hydrogen-bond acceptors (Lipinski definition) is 5. The van der Waals surface area contributed by atoms with Crippen molar-refractivity contribution in [3.63, 3.8) is 0 Å². The number of carbonyl (C=O) groups is 1. The Morgan fingerprint density at radius 3 is 2.50 bits per heavy atom. The highest BCUT2D eigenvalue weighted by Crippen LogP contribution is 2.17. The summed E-state index contributed by atoms with van der Waals surface area (Å²) in [6.07, 6.45) is 0. The van der Waals surface area contributed by atoms with Crippen molar-refractivity contribution in [2.75, 3.05) is 26.6 Å². The quantitative estimate of drug-likeness (QED) is 0.281. The lowest BCUT2D eigenvalue weighted by atomic mass is 10.6. The Kier molecular flexibility index (Phi) is 6.96. The van der Waals surface area contributed by atoms with Gasteiger partial charge in [-0.15, -0.1) is 0 Å². The zero-order valence-electron chi connectivity index (χ0n) is 8.37. The third-order valence-electron chi connectivity index (χ3n) is 1.20. The molecule has 0 rings (SSSR count). The number of ether oxygens (including phenoxy) is 3. The van der Waals surface area contributed by atoms with Crippen molar-refractivity contribution < 1.29 is 19.0 Å². The largest absolute Gasteiger partial charge is 0.463 e. The number of methoxy groups -OCH3 is 2. The van der Waals surface area contributed by atoms with E-state index in [1.54, 1.807) is 7.11 Å². The Hall–Kier alpha value is -0.940. The van der Waals surface area contributed by atoms with Crippen LogP contribution in [0.5, 0.6) is 0 Å². The van der Waals surface area contributed by atoms with Crippen LogP contribution in [0.25, 0.3) is 0 Å². The van der Waals surface area contributed by atoms with Crippen molar-refractivity contribution in [3.8, 4) is 0 Å². The second-order valence-electron chi connectivity index (χ2n) is 2.23. The van der Waals surface area contributed by atoms with Gasteiger partial charge in [0.15, 0.2) is 5.09 Å². The second kappa shape index (κ2) is 7.46. The van der Waals surface area contributed by atoms with Crippen LogP contribution >= 0.6 is 11.8 Å². The molecule has 0 amide bonds. The van der Waals surface area contributed by atoms with Gasteiger partial charge in [0.1, 0.15) is 0 Å². The number of thioether (sulfide) groups is 1. The molecule has 0 unspecified atom stereocenters. The number of esters is 1. The topological polar surface area (TPSA) is 44.8 Å². The molecule has 0 heterocycles. The summed E-state index contributed by atoms with van der Waals surface area (Å²) in [5.74, 6) is 0.0463. The predicted octanol–water partition coefficient (Wildman–Crippen LogP) is 1.54. The van der Waals surface area contributed by atoms with E-state index in [-0.39, 0.29) is 5.76 Å². The van der Waals surface area contributed by atoms with Crippen molar-refractivity contribution in [3.05, 3.63) is 24.0 Å². The molecule has 4 nitrogen and oxygen atoms in total. The zero-order chi connectivity index (χ0) is 11.0. The van der Waals surface area contributed by atoms with Gasteiger partial charge in [0.05, 0.1) is 13.7 Å². The van der Waals surface area contributed by atoms with Gasteiger partial charge in [-0.1, -0.05) is 11.8 Å². The van der Waals surface area contributed by atoms with Crippen LogP contribution in [-0.4, -0.2) is 32.5 Å². The summed E-state index contributed by atoms with van der Waals surface area (Å²) >= 11 is 1.35. The molecule has 0 aromatic rings. The molecule has 0 saturated heterocycles. The fourth-order valence-corrected chi connectivity index (χ4v) is 1.20. The lowest BCUT2D eigenvalue weighted by molar-refractivity contribution is -0.139. The summed E-state index contributed by atoms with van der Waals surface area (Å²) in [5, 5.41) is 0.400. The van der Waals surface area contributed by atoms with Crippen LogP contribution < -0.4 is 0 Å². The minimum Gasteiger partial charge on any atom is -0.463 e. The highest BCUT2D eigenvalue weighted by Gasteiger charge is 2.09. The first-order valence-electron chi connectivity index (χ1n) is 3.87. The molecule has 0 aliphatic heterocycles. The van der Waals surface area contributed by atoms with Crippen LogP contribution in [0.3, 0.4) is 0 Å². The fourth-order valence-electron chi connectivity index (χ4n) is 0.561. The maximum Gasteiger partial charge on any atom is 0.373 e. The van der Waals surface area contributed by atoms with E-state index in [1.807, 2.05) is 0 Å². The highest BCUT2D eigenvalue weighted by molar-refractivity contribution is 8.02. The van der Waals surface area contributed by atoms with Crippen molar-refractivity contribution >= 4 is 17.7 Å². The van der Waals surface area contributed by atoms with E-state index >= 15 is 0 Å². The minimum absolute atomic E-state index is 0.0672. The molecular weight excluding hydrogens is 204 g/mol. The molecule has 0 fully saturated rings. The molecule has 0 spiro atoms. The maximum absolute atomic E-state index is 10.9. The molecule has 0 aromatic carbocycles. The standard InChI is InChI=1S/C9H14O4S/c1-7(9(10)12-4)13-8(2)14-6-5-11-3/h1-2,5-6H2,3-4H3. The van der Waals surface area contributed by atoms with E-state index in [1.165, 1.54) is 18.9 Å². The van der Waals surface area contributed by atoms with Gasteiger partial charge in [-0.05, 0) is 13.2 Å². The molecule has 80 valence electrons. The SMILES string of the molecule is C=C(OC(=C)C(=O)OC)SCCOC. The Bertz CT molecular complexity index is 225. The average molecular weight is 218 g/mol. The van der Waals surface area contributed by atoms with Gasteiger partial charge in [-0.3, -0.25) is 0 Å². The number of rotatable bonds is 7. The zero-order valence-corrected chi connectivity index (χ0v) is 9.19. The van der Waals surface area contributed by atoms with Crippen molar-refractivity contribution in [1.82, 2.24) is 0 Å². The second-order valence-corrected chi connectivity index (χ2v) is 3.38. The fraction of sp³-hybridized carbons (Fsp3) is 0.444. The lowest BCUT2D eigenvalue weighted by Crippen LogP contribution is -2.06. The number of hydrogen-bond donors (Lipinski definition) is 0. The predicted molar refractivity (Wildman–Crippen MR) is 55.7 cm³/mol. The molecule has 0 bridgehead atoms. The van der Waals surface area contributed by atoms with Crippen LogP contribution in [0.2, 0.25) is 0 Å². The van der Waals surface area contributed by atoms with Crippen molar-refractivity contribution in [2.45, 2.75) is 0 Å². The Labute approximate surface area is 87.9 Å². The summed E-state index contributed by atoms with van der Waals surface area (Å²) in [5.41, 5.74) is 0. The summed E-state index contributed by atoms with van der Waals surface area (Å²) in [6, 6.07) is 0. The minimum atomic E-state index is -0.599. The van der Waals surface area contributed by atoms with E-state index in [9.17, 15) is 4.79 Å². The summed E-state index contributed by atoms with van der Waals surface area (Å²) in [7, 11) is 2.87. The first kappa shape index (κ1) is 13.1. The lowest BCUT2D eigenvalue weighted by Gasteiger charge is -2.08. The van der Waals surface area contributed by atoms with E-state index in [0.717, 1.165) is 0 Å². The summed E-state index contributed by atoms with van der Waals surface area (Å²) in [6.45, 7) is 7.59. The molecule has 0 saturated carbocycles. The molecule has 0 radical (unpaired) electrons. The van der Waals surface area contributed by atoms with Gasteiger partial charge in [0.25, 0.3) is 0 Å². The third kappa shape index (κ3) is 5.66. The van der Waals surface area contributed by atoms with Crippen LogP contribution in [0.15, 0.2) is 24.0 Å². The molecule has 5 heteroatoms. The van der Waals surface area contributed by atoms with Gasteiger partial charge in [-0.2, -0.15) is 0 Å². The van der Waals surface area contributed by atoms with Gasteiger partial charge < -0.3 is 14.2 Å². The third-order valence-corrected chi connectivity index (χ3v) is 1.98. The monoisotopic (exact) mass is 218 g/mol. The number of carbonyl (C=O) groups excluding carboxylic acids is 1.